The summed E-state index contributed by atoms with van der Waals surface area (Å²) in [4.78, 5) is 0. The monoisotopic (exact) mass is 157 g/mol. The van der Waals surface area contributed by atoms with Gasteiger partial charge < -0.3 is 17.7 Å². The van der Waals surface area contributed by atoms with Gasteiger partial charge in [0.15, 0.2) is 0 Å². The van der Waals surface area contributed by atoms with Crippen LogP contribution < -0.4 is 17.7 Å². The lowest BCUT2D eigenvalue weighted by Gasteiger charge is -1.92. The van der Waals surface area contributed by atoms with Gasteiger partial charge in [-0.15, -0.1) is 0 Å². The summed E-state index contributed by atoms with van der Waals surface area (Å²) in [7, 11) is 2.05. The first-order valence-electron chi connectivity index (χ1n) is 3.19. The van der Waals surface area contributed by atoms with Crippen molar-refractivity contribution in [2.75, 3.05) is 7.05 Å². The third-order valence-corrected chi connectivity index (χ3v) is 1.41. The number of nitrogens with two attached hydrogens (primary N) is 1. The van der Waals surface area contributed by atoms with E-state index in [1.807, 2.05) is 7.05 Å². The van der Waals surface area contributed by atoms with Gasteiger partial charge in [-0.1, -0.05) is 17.7 Å². The molecule has 0 heterocycles. The second kappa shape index (κ2) is 4.31. The van der Waals surface area contributed by atoms with Crippen molar-refractivity contribution in [3.05, 3.63) is 29.8 Å². The molecule has 2 heteroatoms. The minimum atomic E-state index is 0. The molecule has 0 aromatic heterocycles. The third-order valence-electron chi connectivity index (χ3n) is 1.41. The summed E-state index contributed by atoms with van der Waals surface area (Å²) >= 11 is 0. The average molecular weight is 158 g/mol. The topological polar surface area (TPSA) is 16.6 Å². The van der Waals surface area contributed by atoms with Gasteiger partial charge in [0.1, 0.15) is 5.69 Å². The molecule has 1 nitrogen and oxygen atoms in total. The van der Waals surface area contributed by atoms with Crippen molar-refractivity contribution in [1.82, 2.24) is 0 Å². The highest BCUT2D eigenvalue weighted by atomic mass is 35.5. The maximum absolute atomic E-state index is 2.12. The molecule has 0 saturated carbocycles. The maximum atomic E-state index is 2.12. The number of rotatable bonds is 1. The van der Waals surface area contributed by atoms with Crippen LogP contribution in [-0.2, 0) is 0 Å². The van der Waals surface area contributed by atoms with E-state index in [2.05, 4.69) is 36.5 Å². The fourth-order valence-corrected chi connectivity index (χ4v) is 0.759. The Labute approximate surface area is 67.9 Å². The predicted octanol–water partition coefficient (Wildman–Crippen LogP) is -2.18. The Kier molecular flexibility index (Phi) is 4.08. The van der Waals surface area contributed by atoms with Crippen molar-refractivity contribution in [3.63, 3.8) is 0 Å². The summed E-state index contributed by atoms with van der Waals surface area (Å²) < 4.78 is 0. The van der Waals surface area contributed by atoms with Crippen molar-refractivity contribution in [1.29, 1.82) is 0 Å². The Morgan fingerprint density at radius 2 is 1.60 bits per heavy atom. The van der Waals surface area contributed by atoms with E-state index in [1.54, 1.807) is 0 Å². The minimum Gasteiger partial charge on any atom is -1.00 e. The Bertz CT molecular complexity index is 181. The first-order chi connectivity index (χ1) is 4.33. The lowest BCUT2D eigenvalue weighted by atomic mass is 10.2. The second-order valence-electron chi connectivity index (χ2n) is 2.20. The van der Waals surface area contributed by atoms with E-state index in [4.69, 9.17) is 0 Å². The van der Waals surface area contributed by atoms with Gasteiger partial charge in [0, 0.05) is 0 Å². The molecule has 2 N–H and O–H groups in total. The van der Waals surface area contributed by atoms with Crippen LogP contribution in [0.25, 0.3) is 0 Å². The van der Waals surface area contributed by atoms with Gasteiger partial charge in [-0.05, 0) is 19.1 Å². The van der Waals surface area contributed by atoms with Crippen LogP contribution >= 0.6 is 0 Å². The van der Waals surface area contributed by atoms with E-state index in [0.717, 1.165) is 0 Å². The van der Waals surface area contributed by atoms with Crippen LogP contribution in [0.1, 0.15) is 5.56 Å². The maximum Gasteiger partial charge on any atom is 0.129 e. The van der Waals surface area contributed by atoms with E-state index in [-0.39, 0.29) is 12.4 Å². The van der Waals surface area contributed by atoms with E-state index < -0.39 is 0 Å². The van der Waals surface area contributed by atoms with Gasteiger partial charge in [0.05, 0.1) is 7.05 Å². The first kappa shape index (κ1) is 9.47. The molecule has 0 spiro atoms. The lowest BCUT2D eigenvalue weighted by molar-refractivity contribution is -0.539. The minimum absolute atomic E-state index is 0. The Balaban J connectivity index is 0.000000810. The summed E-state index contributed by atoms with van der Waals surface area (Å²) in [5.41, 5.74) is 2.61. The highest BCUT2D eigenvalue weighted by Crippen LogP contribution is 2.01. The van der Waals surface area contributed by atoms with Crippen LogP contribution in [0, 0.1) is 6.92 Å². The Morgan fingerprint density at radius 3 is 2.00 bits per heavy atom. The molecule has 1 aromatic carbocycles. The number of halogens is 1. The summed E-state index contributed by atoms with van der Waals surface area (Å²) in [6.45, 7) is 2.10. The SMILES string of the molecule is C[NH2+]c1ccc(C)cc1.[Cl-]. The molecule has 1 aromatic rings. The van der Waals surface area contributed by atoms with Crippen LogP contribution in [0.4, 0.5) is 5.69 Å². The molecule has 0 radical (unpaired) electrons. The summed E-state index contributed by atoms with van der Waals surface area (Å²) in [5, 5.41) is 2.10. The number of quaternary nitrogens is 1. The van der Waals surface area contributed by atoms with E-state index in [0.29, 0.717) is 0 Å². The molecule has 0 aliphatic rings. The van der Waals surface area contributed by atoms with Crippen LogP contribution in [0.5, 0.6) is 0 Å². The zero-order chi connectivity index (χ0) is 6.69. The number of hydrogen-bond acceptors (Lipinski definition) is 0. The standard InChI is InChI=1S/C8H11N.ClH/c1-7-3-5-8(9-2)6-4-7;/h3-6,9H,1-2H3;1H. The fourth-order valence-electron chi connectivity index (χ4n) is 0.759. The molecule has 10 heavy (non-hydrogen) atoms. The molecule has 0 aliphatic heterocycles. The van der Waals surface area contributed by atoms with E-state index in [1.165, 1.54) is 11.3 Å². The van der Waals surface area contributed by atoms with Crippen molar-refractivity contribution < 1.29 is 17.7 Å². The fraction of sp³-hybridized carbons (Fsp3) is 0.250. The first-order valence-corrected chi connectivity index (χ1v) is 3.19. The quantitative estimate of drug-likeness (QED) is 0.447. The third kappa shape index (κ3) is 2.38. The predicted molar refractivity (Wildman–Crippen MR) is 38.7 cm³/mol. The molecular weight excluding hydrogens is 146 g/mol. The highest BCUT2D eigenvalue weighted by molar-refractivity contribution is 5.30. The molecule has 0 bridgehead atoms. The van der Waals surface area contributed by atoms with Gasteiger partial charge >= 0.3 is 0 Å². The van der Waals surface area contributed by atoms with E-state index in [9.17, 15) is 0 Å². The molecular formula is C8H12ClN. The van der Waals surface area contributed by atoms with Gasteiger partial charge in [0.2, 0.25) is 0 Å². The van der Waals surface area contributed by atoms with Crippen molar-refractivity contribution >= 4 is 5.69 Å². The summed E-state index contributed by atoms with van der Waals surface area (Å²) in [6, 6.07) is 8.48. The van der Waals surface area contributed by atoms with Gasteiger partial charge in [-0.25, -0.2) is 0 Å². The normalized spacial score (nSPS) is 8.60. The smallest absolute Gasteiger partial charge is 0.129 e. The molecule has 0 aliphatic carbocycles. The van der Waals surface area contributed by atoms with Gasteiger partial charge in [-0.2, -0.15) is 0 Å². The van der Waals surface area contributed by atoms with Gasteiger partial charge in [-0.3, -0.25) is 0 Å². The van der Waals surface area contributed by atoms with Crippen molar-refractivity contribution in [2.24, 2.45) is 0 Å². The van der Waals surface area contributed by atoms with Crippen LogP contribution in [0.15, 0.2) is 24.3 Å². The molecule has 1 rings (SSSR count). The van der Waals surface area contributed by atoms with Gasteiger partial charge in [0.25, 0.3) is 0 Å². The van der Waals surface area contributed by atoms with Crippen molar-refractivity contribution in [2.45, 2.75) is 6.92 Å². The average Bonchev–Trinajstić information content (AvgIpc) is 1.90. The Hall–Kier alpha value is -0.530. The Morgan fingerprint density at radius 1 is 1.10 bits per heavy atom. The zero-order valence-corrected chi connectivity index (χ0v) is 7.02. The van der Waals surface area contributed by atoms with E-state index >= 15 is 0 Å². The van der Waals surface area contributed by atoms with Crippen LogP contribution in [-0.4, -0.2) is 7.05 Å². The summed E-state index contributed by atoms with van der Waals surface area (Å²) in [5.74, 6) is 0. The number of aryl methyl sites for hydroxylation is 1. The molecule has 0 amide bonds. The molecule has 56 valence electrons. The van der Waals surface area contributed by atoms with Crippen molar-refractivity contribution in [3.8, 4) is 0 Å². The summed E-state index contributed by atoms with van der Waals surface area (Å²) in [6.07, 6.45) is 0. The number of hydrogen-bond donors (Lipinski definition) is 1. The lowest BCUT2D eigenvalue weighted by Crippen LogP contribution is -3.00. The number of benzene rings is 1. The highest BCUT2D eigenvalue weighted by Gasteiger charge is 1.87. The molecule has 0 unspecified atom stereocenters. The second-order valence-corrected chi connectivity index (χ2v) is 2.20. The molecule has 0 fully saturated rings. The van der Waals surface area contributed by atoms with Crippen LogP contribution in [0.3, 0.4) is 0 Å². The molecule has 0 saturated heterocycles. The largest absolute Gasteiger partial charge is 1.00 e. The molecule has 0 atom stereocenters. The zero-order valence-electron chi connectivity index (χ0n) is 6.26. The van der Waals surface area contributed by atoms with Crippen LogP contribution in [0.2, 0.25) is 0 Å².